The van der Waals surface area contributed by atoms with Crippen LogP contribution in [0.4, 0.5) is 9.59 Å². The Labute approximate surface area is 169 Å². The van der Waals surface area contributed by atoms with Crippen molar-refractivity contribution >= 4 is 12.1 Å². The number of likely N-dealkylation sites (N-methyl/N-ethyl adjacent to an activating group) is 1. The van der Waals surface area contributed by atoms with Crippen LogP contribution in [0.25, 0.3) is 0 Å². The van der Waals surface area contributed by atoms with Gasteiger partial charge in [-0.3, -0.25) is 0 Å². The average molecular weight is 399 g/mol. The summed E-state index contributed by atoms with van der Waals surface area (Å²) in [5, 5.41) is 9.06. The fourth-order valence-corrected chi connectivity index (χ4v) is 4.24. The number of carbonyl (C=O) groups excluding carboxylic acids is 2. The molecule has 0 unspecified atom stereocenters. The number of alkyl carbamates (subject to hydrolysis) is 1. The first-order valence-corrected chi connectivity index (χ1v) is 10.8. The van der Waals surface area contributed by atoms with E-state index in [-0.39, 0.29) is 18.2 Å². The third kappa shape index (κ3) is 8.22. The van der Waals surface area contributed by atoms with Gasteiger partial charge in [0.2, 0.25) is 0 Å². The molecule has 0 radical (unpaired) electrons. The number of methoxy groups -OCH3 is 1. The van der Waals surface area contributed by atoms with Gasteiger partial charge in [0.05, 0.1) is 19.8 Å². The lowest BCUT2D eigenvalue weighted by Crippen LogP contribution is -2.52. The van der Waals surface area contributed by atoms with Gasteiger partial charge in [0.25, 0.3) is 0 Å². The first kappa shape index (κ1) is 22.7. The Balaban J connectivity index is 1.73. The molecule has 162 valence electrons. The maximum atomic E-state index is 12.8. The van der Waals surface area contributed by atoms with Gasteiger partial charge in [0.15, 0.2) is 0 Å². The highest BCUT2D eigenvalue weighted by Crippen LogP contribution is 2.27. The molecular formula is C20H38N4O4. The molecule has 1 saturated heterocycles. The number of urea groups is 1. The van der Waals surface area contributed by atoms with Crippen LogP contribution in [0, 0.1) is 5.92 Å². The Kier molecular flexibility index (Phi) is 10.4. The number of carbonyl (C=O) groups is 2. The first-order chi connectivity index (χ1) is 13.6. The second-order valence-electron chi connectivity index (χ2n) is 7.94. The van der Waals surface area contributed by atoms with Crippen LogP contribution in [0.1, 0.15) is 51.4 Å². The topological polar surface area (TPSA) is 91.9 Å². The third-order valence-corrected chi connectivity index (χ3v) is 5.70. The summed E-state index contributed by atoms with van der Waals surface area (Å²) in [5.41, 5.74) is 0. The molecular weight excluding hydrogens is 360 g/mol. The molecule has 1 saturated carbocycles. The number of amides is 3. The highest BCUT2D eigenvalue weighted by atomic mass is 16.5. The minimum atomic E-state index is -0.457. The number of likely N-dealkylation sites (tertiary alicyclic amines) is 1. The lowest BCUT2D eigenvalue weighted by molar-refractivity contribution is 0.0110. The molecule has 2 atom stereocenters. The number of piperidine rings is 1. The molecule has 0 aromatic heterocycles. The minimum absolute atomic E-state index is 0.0112. The van der Waals surface area contributed by atoms with Gasteiger partial charge < -0.3 is 30.3 Å². The van der Waals surface area contributed by atoms with Crippen LogP contribution in [-0.4, -0.2) is 76.1 Å². The zero-order valence-electron chi connectivity index (χ0n) is 17.5. The van der Waals surface area contributed by atoms with Crippen LogP contribution in [0.5, 0.6) is 0 Å². The number of hydrogen-bond acceptors (Lipinski definition) is 5. The fraction of sp³-hybridized carbons (Fsp3) is 0.900. The van der Waals surface area contributed by atoms with Crippen molar-refractivity contribution in [3.63, 3.8) is 0 Å². The van der Waals surface area contributed by atoms with Crippen molar-refractivity contribution < 1.29 is 19.1 Å². The summed E-state index contributed by atoms with van der Waals surface area (Å²) in [5.74, 6) is 0.729. The Morgan fingerprint density at radius 2 is 1.93 bits per heavy atom. The Morgan fingerprint density at radius 1 is 1.14 bits per heavy atom. The maximum Gasteiger partial charge on any atom is 0.406 e. The van der Waals surface area contributed by atoms with Crippen molar-refractivity contribution in [1.29, 1.82) is 0 Å². The van der Waals surface area contributed by atoms with E-state index in [1.165, 1.54) is 39.2 Å². The molecule has 8 nitrogen and oxygen atoms in total. The molecule has 1 heterocycles. The van der Waals surface area contributed by atoms with E-state index >= 15 is 0 Å². The van der Waals surface area contributed by atoms with E-state index in [0.717, 1.165) is 38.3 Å². The quantitative estimate of drug-likeness (QED) is 0.517. The lowest BCUT2D eigenvalue weighted by atomic mass is 9.85. The van der Waals surface area contributed by atoms with Crippen molar-refractivity contribution in [3.05, 3.63) is 0 Å². The minimum Gasteiger partial charge on any atom is -0.453 e. The Morgan fingerprint density at radius 3 is 2.64 bits per heavy atom. The number of nitrogens with one attached hydrogen (secondary N) is 3. The first-order valence-electron chi connectivity index (χ1n) is 10.8. The molecule has 0 spiro atoms. The molecule has 0 aromatic carbocycles. The van der Waals surface area contributed by atoms with Crippen molar-refractivity contribution in [1.82, 2.24) is 20.9 Å². The van der Waals surface area contributed by atoms with Crippen molar-refractivity contribution in [2.45, 2.75) is 63.5 Å². The zero-order chi connectivity index (χ0) is 20.2. The molecule has 1 aliphatic heterocycles. The van der Waals surface area contributed by atoms with Crippen LogP contribution in [0.3, 0.4) is 0 Å². The summed E-state index contributed by atoms with van der Waals surface area (Å²) in [4.78, 5) is 25.7. The van der Waals surface area contributed by atoms with Gasteiger partial charge in [0, 0.05) is 32.2 Å². The van der Waals surface area contributed by atoms with E-state index < -0.39 is 6.09 Å². The third-order valence-electron chi connectivity index (χ3n) is 5.70. The average Bonchev–Trinajstić information content (AvgIpc) is 2.72. The molecule has 0 bridgehead atoms. The van der Waals surface area contributed by atoms with E-state index in [2.05, 4.69) is 20.7 Å². The zero-order valence-corrected chi connectivity index (χ0v) is 17.5. The molecule has 0 aromatic rings. The van der Waals surface area contributed by atoms with Gasteiger partial charge in [0.1, 0.15) is 0 Å². The van der Waals surface area contributed by atoms with Crippen LogP contribution in [0.15, 0.2) is 0 Å². The summed E-state index contributed by atoms with van der Waals surface area (Å²) >= 11 is 0. The molecule has 2 rings (SSSR count). The summed E-state index contributed by atoms with van der Waals surface area (Å²) in [7, 11) is 3.27. The van der Waals surface area contributed by atoms with Gasteiger partial charge in [-0.1, -0.05) is 32.1 Å². The molecule has 3 N–H and O–H groups in total. The van der Waals surface area contributed by atoms with Crippen molar-refractivity contribution in [2.24, 2.45) is 5.92 Å². The number of ether oxygens (including phenoxy) is 2. The number of rotatable bonds is 9. The summed E-state index contributed by atoms with van der Waals surface area (Å²) in [6, 6.07) is 0.184. The van der Waals surface area contributed by atoms with Gasteiger partial charge in [-0.05, 0) is 32.2 Å². The fourth-order valence-electron chi connectivity index (χ4n) is 4.24. The van der Waals surface area contributed by atoms with E-state index in [4.69, 9.17) is 4.74 Å². The maximum absolute atomic E-state index is 12.8. The normalized spacial score (nSPS) is 21.8. The number of nitrogens with zero attached hydrogens (tertiary/aromatic N) is 1. The van der Waals surface area contributed by atoms with Gasteiger partial charge in [-0.15, -0.1) is 0 Å². The van der Waals surface area contributed by atoms with Gasteiger partial charge >= 0.3 is 12.1 Å². The van der Waals surface area contributed by atoms with Crippen LogP contribution < -0.4 is 16.0 Å². The SMILES string of the molecule is CNC[C@H](CC1CCCCC1)NC(=O)N1CCC[C@@H](OCCNC(=O)OC)C1. The monoisotopic (exact) mass is 398 g/mol. The van der Waals surface area contributed by atoms with Crippen LogP contribution >= 0.6 is 0 Å². The molecule has 2 aliphatic rings. The highest BCUT2D eigenvalue weighted by Gasteiger charge is 2.26. The second-order valence-corrected chi connectivity index (χ2v) is 7.94. The van der Waals surface area contributed by atoms with Crippen LogP contribution in [-0.2, 0) is 9.47 Å². The number of hydrogen-bond donors (Lipinski definition) is 3. The standard InChI is InChI=1S/C20H38N4O4/c1-21-14-17(13-16-7-4-3-5-8-16)23-19(25)24-11-6-9-18(15-24)28-12-10-22-20(26)27-2/h16-18,21H,3-15H2,1-2H3,(H,22,26)(H,23,25)/t17-,18+/m0/s1. The Bertz CT molecular complexity index is 471. The van der Waals surface area contributed by atoms with Crippen LogP contribution in [0.2, 0.25) is 0 Å². The largest absolute Gasteiger partial charge is 0.453 e. The molecule has 28 heavy (non-hydrogen) atoms. The van der Waals surface area contributed by atoms with Crippen molar-refractivity contribution in [3.8, 4) is 0 Å². The molecule has 8 heteroatoms. The summed E-state index contributed by atoms with van der Waals surface area (Å²) in [6.45, 7) is 2.98. The second kappa shape index (κ2) is 12.8. The van der Waals surface area contributed by atoms with Gasteiger partial charge in [-0.25, -0.2) is 9.59 Å². The predicted octanol–water partition coefficient (Wildman–Crippen LogP) is 2.09. The van der Waals surface area contributed by atoms with Gasteiger partial charge in [-0.2, -0.15) is 0 Å². The molecule has 3 amide bonds. The van der Waals surface area contributed by atoms with E-state index in [0.29, 0.717) is 19.7 Å². The smallest absolute Gasteiger partial charge is 0.406 e. The van der Waals surface area contributed by atoms with E-state index in [1.54, 1.807) is 0 Å². The summed E-state index contributed by atoms with van der Waals surface area (Å²) < 4.78 is 10.4. The Hall–Kier alpha value is -1.54. The van der Waals surface area contributed by atoms with E-state index in [1.807, 2.05) is 11.9 Å². The van der Waals surface area contributed by atoms with Crippen molar-refractivity contribution in [2.75, 3.05) is 46.9 Å². The van der Waals surface area contributed by atoms with E-state index in [9.17, 15) is 9.59 Å². The lowest BCUT2D eigenvalue weighted by Gasteiger charge is -2.34. The highest BCUT2D eigenvalue weighted by molar-refractivity contribution is 5.74. The molecule has 1 aliphatic carbocycles. The summed E-state index contributed by atoms with van der Waals surface area (Å²) in [6.07, 6.45) is 9.04. The molecule has 2 fully saturated rings. The predicted molar refractivity (Wildman–Crippen MR) is 108 cm³/mol.